The van der Waals surface area contributed by atoms with Crippen LogP contribution in [-0.2, 0) is 24.9 Å². The molecule has 35 heavy (non-hydrogen) atoms. The molecular formula is C22H20F2N6O5. The Labute approximate surface area is 196 Å². The maximum Gasteiger partial charge on any atom is 0.332 e. The van der Waals surface area contributed by atoms with Crippen molar-refractivity contribution in [1.29, 1.82) is 0 Å². The molecule has 0 radical (unpaired) electrons. The number of ether oxygens (including phenoxy) is 1. The summed E-state index contributed by atoms with van der Waals surface area (Å²) >= 11 is 0. The van der Waals surface area contributed by atoms with E-state index < -0.39 is 41.1 Å². The van der Waals surface area contributed by atoms with E-state index in [1.54, 1.807) is 12.1 Å². The van der Waals surface area contributed by atoms with Crippen molar-refractivity contribution in [2.75, 3.05) is 19.0 Å². The molecule has 0 saturated carbocycles. The molecule has 3 heterocycles. The minimum atomic E-state index is -1.23. The van der Waals surface area contributed by atoms with Gasteiger partial charge in [-0.25, -0.2) is 23.6 Å². The first-order valence-corrected chi connectivity index (χ1v) is 10.3. The van der Waals surface area contributed by atoms with Gasteiger partial charge in [-0.3, -0.25) is 18.7 Å². The summed E-state index contributed by atoms with van der Waals surface area (Å²) in [7, 11) is 2.86. The van der Waals surface area contributed by atoms with Crippen LogP contribution in [-0.4, -0.2) is 44.5 Å². The van der Waals surface area contributed by atoms with Crippen molar-refractivity contribution in [3.8, 4) is 11.6 Å². The summed E-state index contributed by atoms with van der Waals surface area (Å²) < 4.78 is 34.4. The standard InChI is InChI=1S/C22H20F2N6O5/c1-29-19-17(21(33)30(22(29)34)10-12-5-13(23)18(31)14(24)6-12)28-15(9-26-19)20(32)27-8-11-3-4-25-16(7-11)35-2/h3-7,26,31H,8-10H2,1-2H3,(H,27,32). The molecule has 0 atom stereocenters. The third kappa shape index (κ3) is 4.60. The quantitative estimate of drug-likeness (QED) is 0.468. The van der Waals surface area contributed by atoms with E-state index in [1.165, 1.54) is 20.4 Å². The van der Waals surface area contributed by atoms with E-state index >= 15 is 0 Å². The maximum absolute atomic E-state index is 13.7. The topological polar surface area (TPSA) is 140 Å². The first-order chi connectivity index (χ1) is 16.7. The molecule has 0 spiro atoms. The molecule has 3 aromatic rings. The number of halogens is 2. The van der Waals surface area contributed by atoms with Crippen LogP contribution in [0.2, 0.25) is 0 Å². The molecule has 182 valence electrons. The second-order valence-corrected chi connectivity index (χ2v) is 7.64. The number of benzene rings is 1. The van der Waals surface area contributed by atoms with Gasteiger partial charge >= 0.3 is 5.69 Å². The molecule has 1 aliphatic heterocycles. The summed E-state index contributed by atoms with van der Waals surface area (Å²) in [5.74, 6) is -3.66. The van der Waals surface area contributed by atoms with Crippen molar-refractivity contribution in [2.45, 2.75) is 13.1 Å². The average Bonchev–Trinajstić information content (AvgIpc) is 2.86. The van der Waals surface area contributed by atoms with Gasteiger partial charge in [0.15, 0.2) is 23.1 Å². The van der Waals surface area contributed by atoms with Gasteiger partial charge < -0.3 is 20.5 Å². The Balaban J connectivity index is 1.63. The molecule has 2 aromatic heterocycles. The molecule has 11 nitrogen and oxygen atoms in total. The van der Waals surface area contributed by atoms with Crippen LogP contribution >= 0.6 is 0 Å². The lowest BCUT2D eigenvalue weighted by Crippen LogP contribution is -2.43. The highest BCUT2D eigenvalue weighted by Crippen LogP contribution is 2.24. The number of carbonyl (C=O) groups excluding carboxylic acids is 1. The number of rotatable bonds is 6. The van der Waals surface area contributed by atoms with Gasteiger partial charge in [-0.05, 0) is 29.3 Å². The highest BCUT2D eigenvalue weighted by atomic mass is 19.1. The van der Waals surface area contributed by atoms with E-state index in [-0.39, 0.29) is 35.9 Å². The summed E-state index contributed by atoms with van der Waals surface area (Å²) in [6.45, 7) is -0.365. The second kappa shape index (κ2) is 9.37. The number of phenolic OH excluding ortho intramolecular Hbond substituents is 1. The van der Waals surface area contributed by atoms with Gasteiger partial charge in [0.05, 0.1) is 20.2 Å². The zero-order chi connectivity index (χ0) is 25.3. The third-order valence-electron chi connectivity index (χ3n) is 5.34. The number of aromatic nitrogens is 3. The van der Waals surface area contributed by atoms with Crippen LogP contribution in [0.4, 0.5) is 20.3 Å². The summed E-state index contributed by atoms with van der Waals surface area (Å²) in [6, 6.07) is 4.98. The van der Waals surface area contributed by atoms with Gasteiger partial charge in [0.2, 0.25) is 5.88 Å². The SMILES string of the molecule is COc1cc(CNC(=O)C2=Nc3c(n(C)c(=O)n(Cc4cc(F)c(O)c(F)c4)c3=O)NC2)ccn1. The first kappa shape index (κ1) is 23.6. The van der Waals surface area contributed by atoms with Crippen LogP contribution in [0.3, 0.4) is 0 Å². The Morgan fingerprint density at radius 2 is 1.94 bits per heavy atom. The lowest BCUT2D eigenvalue weighted by Gasteiger charge is -2.21. The normalized spacial score (nSPS) is 12.4. The Bertz CT molecular complexity index is 1460. The molecule has 1 aliphatic rings. The molecule has 0 unspecified atom stereocenters. The number of nitrogens with zero attached hydrogens (tertiary/aromatic N) is 4. The summed E-state index contributed by atoms with van der Waals surface area (Å²) in [5, 5.41) is 14.8. The number of hydrogen-bond donors (Lipinski definition) is 3. The fourth-order valence-electron chi connectivity index (χ4n) is 3.52. The van der Waals surface area contributed by atoms with Gasteiger partial charge in [-0.1, -0.05) is 0 Å². The smallest absolute Gasteiger partial charge is 0.332 e. The van der Waals surface area contributed by atoms with Crippen molar-refractivity contribution in [3.05, 3.63) is 74.1 Å². The summed E-state index contributed by atoms with van der Waals surface area (Å²) in [5.41, 5.74) is -1.14. The number of methoxy groups -OCH3 is 1. The van der Waals surface area contributed by atoms with Gasteiger partial charge in [-0.2, -0.15) is 0 Å². The number of aliphatic imine (C=N–C) groups is 1. The number of aromatic hydroxyl groups is 1. The van der Waals surface area contributed by atoms with Crippen LogP contribution in [0, 0.1) is 11.6 Å². The molecule has 1 amide bonds. The molecule has 0 fully saturated rings. The largest absolute Gasteiger partial charge is 0.503 e. The maximum atomic E-state index is 13.7. The van der Waals surface area contributed by atoms with E-state index in [1.807, 2.05) is 0 Å². The lowest BCUT2D eigenvalue weighted by molar-refractivity contribution is -0.115. The number of hydrogen-bond acceptors (Lipinski definition) is 8. The fraction of sp³-hybridized carbons (Fsp3) is 0.227. The number of phenols is 1. The van der Waals surface area contributed by atoms with E-state index in [4.69, 9.17) is 4.74 Å². The Morgan fingerprint density at radius 1 is 1.23 bits per heavy atom. The van der Waals surface area contributed by atoms with Crippen molar-refractivity contribution >= 4 is 23.1 Å². The number of amides is 1. The van der Waals surface area contributed by atoms with Gasteiger partial charge in [-0.15, -0.1) is 0 Å². The zero-order valence-corrected chi connectivity index (χ0v) is 18.6. The van der Waals surface area contributed by atoms with E-state index in [2.05, 4.69) is 20.6 Å². The van der Waals surface area contributed by atoms with Crippen LogP contribution in [0.1, 0.15) is 11.1 Å². The zero-order valence-electron chi connectivity index (χ0n) is 18.6. The fourth-order valence-corrected chi connectivity index (χ4v) is 3.52. The van der Waals surface area contributed by atoms with Crippen molar-refractivity contribution in [3.63, 3.8) is 0 Å². The number of pyridine rings is 1. The molecule has 3 N–H and O–H groups in total. The molecule has 13 heteroatoms. The molecule has 4 rings (SSSR count). The van der Waals surface area contributed by atoms with E-state index in [9.17, 15) is 28.3 Å². The first-order valence-electron chi connectivity index (χ1n) is 10.3. The highest BCUT2D eigenvalue weighted by Gasteiger charge is 2.25. The minimum Gasteiger partial charge on any atom is -0.503 e. The number of carbonyl (C=O) groups is 1. The molecular weight excluding hydrogens is 466 g/mol. The molecule has 0 saturated heterocycles. The van der Waals surface area contributed by atoms with E-state index in [0.717, 1.165) is 26.8 Å². The number of anilines is 1. The Morgan fingerprint density at radius 3 is 2.63 bits per heavy atom. The predicted octanol–water partition coefficient (Wildman–Crippen LogP) is 0.797. The van der Waals surface area contributed by atoms with Gasteiger partial charge in [0.25, 0.3) is 11.5 Å². The number of nitrogens with one attached hydrogen (secondary N) is 2. The predicted molar refractivity (Wildman–Crippen MR) is 121 cm³/mol. The highest BCUT2D eigenvalue weighted by molar-refractivity contribution is 6.41. The summed E-state index contributed by atoms with van der Waals surface area (Å²) in [6.07, 6.45) is 1.53. The van der Waals surface area contributed by atoms with Gasteiger partial charge in [0, 0.05) is 25.9 Å². The van der Waals surface area contributed by atoms with Crippen LogP contribution < -0.4 is 26.6 Å². The monoisotopic (exact) mass is 486 g/mol. The van der Waals surface area contributed by atoms with Crippen LogP contribution in [0.25, 0.3) is 0 Å². The van der Waals surface area contributed by atoms with Crippen LogP contribution in [0.5, 0.6) is 11.6 Å². The van der Waals surface area contributed by atoms with Crippen molar-refractivity contribution in [2.24, 2.45) is 12.0 Å². The number of fused-ring (bicyclic) bond motifs is 1. The summed E-state index contributed by atoms with van der Waals surface area (Å²) in [4.78, 5) is 46.6. The molecule has 0 bridgehead atoms. The molecule has 1 aromatic carbocycles. The van der Waals surface area contributed by atoms with Crippen molar-refractivity contribution in [1.82, 2.24) is 19.4 Å². The van der Waals surface area contributed by atoms with Crippen molar-refractivity contribution < 1.29 is 23.4 Å². The Kier molecular flexibility index (Phi) is 6.32. The average molecular weight is 486 g/mol. The lowest BCUT2D eigenvalue weighted by atomic mass is 10.2. The Hall–Kier alpha value is -4.55. The molecule has 0 aliphatic carbocycles. The minimum absolute atomic E-state index is 0.00235. The van der Waals surface area contributed by atoms with Crippen LogP contribution in [0.15, 0.2) is 45.0 Å². The second-order valence-electron chi connectivity index (χ2n) is 7.64. The van der Waals surface area contributed by atoms with E-state index in [0.29, 0.717) is 5.88 Å². The third-order valence-corrected chi connectivity index (χ3v) is 5.34. The van der Waals surface area contributed by atoms with Gasteiger partial charge in [0.1, 0.15) is 11.5 Å².